The van der Waals surface area contributed by atoms with Crippen LogP contribution in [0.25, 0.3) is 0 Å². The molecule has 31 heavy (non-hydrogen) atoms. The van der Waals surface area contributed by atoms with Gasteiger partial charge in [-0.05, 0) is 56.2 Å². The number of nitrogens with one attached hydrogen (secondary N) is 2. The molecule has 9 heteroatoms. The van der Waals surface area contributed by atoms with E-state index in [1.807, 2.05) is 39.0 Å². The molecular formula is C22H24ClN5O2S. The van der Waals surface area contributed by atoms with Crippen LogP contribution in [0.1, 0.15) is 40.3 Å². The monoisotopic (exact) mass is 457 g/mol. The van der Waals surface area contributed by atoms with Gasteiger partial charge in [-0.1, -0.05) is 41.6 Å². The molecule has 0 saturated heterocycles. The van der Waals surface area contributed by atoms with Gasteiger partial charge in [0.2, 0.25) is 5.91 Å². The minimum atomic E-state index is -0.389. The quantitative estimate of drug-likeness (QED) is 0.516. The molecule has 0 radical (unpaired) electrons. The number of halogens is 1. The first-order valence-corrected chi connectivity index (χ1v) is 11.1. The molecule has 0 saturated carbocycles. The minimum Gasteiger partial charge on any atom is -0.342 e. The molecule has 1 heterocycles. The number of carbonyl (C=O) groups is 2. The van der Waals surface area contributed by atoms with Crippen LogP contribution in [0.4, 0.5) is 5.69 Å². The Kier molecular flexibility index (Phi) is 7.35. The van der Waals surface area contributed by atoms with Gasteiger partial charge >= 0.3 is 0 Å². The molecule has 2 amide bonds. The van der Waals surface area contributed by atoms with Crippen LogP contribution in [-0.2, 0) is 11.8 Å². The first-order chi connectivity index (χ1) is 14.8. The van der Waals surface area contributed by atoms with E-state index in [4.69, 9.17) is 11.6 Å². The van der Waals surface area contributed by atoms with E-state index < -0.39 is 0 Å². The van der Waals surface area contributed by atoms with Gasteiger partial charge in [0.05, 0.1) is 22.4 Å². The average molecular weight is 458 g/mol. The van der Waals surface area contributed by atoms with Gasteiger partial charge in [0.25, 0.3) is 5.91 Å². The van der Waals surface area contributed by atoms with Crippen molar-refractivity contribution in [3.05, 3.63) is 70.0 Å². The van der Waals surface area contributed by atoms with Gasteiger partial charge in [0, 0.05) is 12.7 Å². The maximum absolute atomic E-state index is 12.5. The Balaban J connectivity index is 1.59. The highest BCUT2D eigenvalue weighted by molar-refractivity contribution is 7.99. The Morgan fingerprint density at radius 3 is 2.58 bits per heavy atom. The number of anilines is 1. The van der Waals surface area contributed by atoms with Crippen molar-refractivity contribution in [2.75, 3.05) is 11.1 Å². The topological polar surface area (TPSA) is 88.9 Å². The zero-order valence-corrected chi connectivity index (χ0v) is 19.3. The summed E-state index contributed by atoms with van der Waals surface area (Å²) < 4.78 is 1.77. The smallest absolute Gasteiger partial charge is 0.253 e. The second kappa shape index (κ2) is 9.98. The number of thioether (sulfide) groups is 1. The molecule has 0 aliphatic heterocycles. The van der Waals surface area contributed by atoms with Crippen LogP contribution in [0.3, 0.4) is 0 Å². The first-order valence-electron chi connectivity index (χ1n) is 9.71. The van der Waals surface area contributed by atoms with Crippen molar-refractivity contribution in [1.29, 1.82) is 0 Å². The van der Waals surface area contributed by atoms with Crippen LogP contribution < -0.4 is 10.6 Å². The van der Waals surface area contributed by atoms with Crippen molar-refractivity contribution >= 4 is 40.9 Å². The summed E-state index contributed by atoms with van der Waals surface area (Å²) in [5, 5.41) is 15.1. The van der Waals surface area contributed by atoms with Gasteiger partial charge in [-0.25, -0.2) is 0 Å². The van der Waals surface area contributed by atoms with E-state index in [2.05, 4.69) is 20.8 Å². The number of carbonyl (C=O) groups excluding carboxylic acids is 2. The number of hydrogen-bond acceptors (Lipinski definition) is 5. The van der Waals surface area contributed by atoms with Crippen LogP contribution >= 0.6 is 23.4 Å². The van der Waals surface area contributed by atoms with Gasteiger partial charge in [-0.3, -0.25) is 9.59 Å². The SMILES string of the molecule is Cc1ccc(NC(=O)CSc2nnc([C@@H](C)NC(=O)c3ccccc3Cl)n2C)cc1C. The van der Waals surface area contributed by atoms with Crippen LogP contribution in [0.2, 0.25) is 5.02 Å². The van der Waals surface area contributed by atoms with Gasteiger partial charge < -0.3 is 15.2 Å². The van der Waals surface area contributed by atoms with E-state index in [0.717, 1.165) is 11.3 Å². The molecule has 1 atom stereocenters. The molecule has 2 aromatic carbocycles. The highest BCUT2D eigenvalue weighted by atomic mass is 35.5. The van der Waals surface area contributed by atoms with E-state index in [0.29, 0.717) is 21.6 Å². The van der Waals surface area contributed by atoms with Crippen LogP contribution in [0.5, 0.6) is 0 Å². The fraction of sp³-hybridized carbons (Fsp3) is 0.273. The predicted octanol–water partition coefficient (Wildman–Crippen LogP) is 4.31. The molecular weight excluding hydrogens is 434 g/mol. The third kappa shape index (κ3) is 5.65. The fourth-order valence-electron chi connectivity index (χ4n) is 2.96. The number of amides is 2. The fourth-order valence-corrected chi connectivity index (χ4v) is 3.90. The second-order valence-corrected chi connectivity index (χ2v) is 8.56. The van der Waals surface area contributed by atoms with E-state index in [-0.39, 0.29) is 23.6 Å². The summed E-state index contributed by atoms with van der Waals surface area (Å²) in [7, 11) is 1.80. The summed E-state index contributed by atoms with van der Waals surface area (Å²) in [6.45, 7) is 5.85. The van der Waals surface area contributed by atoms with E-state index in [1.165, 1.54) is 17.3 Å². The molecule has 0 fully saturated rings. The van der Waals surface area contributed by atoms with E-state index >= 15 is 0 Å². The van der Waals surface area contributed by atoms with E-state index in [9.17, 15) is 9.59 Å². The molecule has 162 valence electrons. The van der Waals surface area contributed by atoms with Crippen LogP contribution in [-0.4, -0.2) is 32.3 Å². The average Bonchev–Trinajstić information content (AvgIpc) is 3.10. The molecule has 0 spiro atoms. The summed E-state index contributed by atoms with van der Waals surface area (Å²) in [6.07, 6.45) is 0. The summed E-state index contributed by atoms with van der Waals surface area (Å²) in [5.41, 5.74) is 3.46. The zero-order chi connectivity index (χ0) is 22.5. The zero-order valence-electron chi connectivity index (χ0n) is 17.8. The van der Waals surface area contributed by atoms with Gasteiger partial charge in [0.1, 0.15) is 0 Å². The second-order valence-electron chi connectivity index (χ2n) is 7.21. The highest BCUT2D eigenvalue weighted by Crippen LogP contribution is 2.21. The Bertz CT molecular complexity index is 1120. The standard InChI is InChI=1S/C22H24ClN5O2S/c1-13-9-10-16(11-14(13)2)25-19(29)12-31-22-27-26-20(28(22)4)15(3)24-21(30)17-7-5-6-8-18(17)23/h5-11,15H,12H2,1-4H3,(H,24,30)(H,25,29)/t15-/m1/s1. The number of nitrogens with zero attached hydrogens (tertiary/aromatic N) is 3. The van der Waals surface area contributed by atoms with Crippen molar-refractivity contribution < 1.29 is 9.59 Å². The Morgan fingerprint density at radius 2 is 1.87 bits per heavy atom. The van der Waals surface area contributed by atoms with E-state index in [1.54, 1.807) is 35.9 Å². The van der Waals surface area contributed by atoms with Crippen molar-refractivity contribution in [3.63, 3.8) is 0 Å². The van der Waals surface area contributed by atoms with Crippen LogP contribution in [0, 0.1) is 13.8 Å². The lowest BCUT2D eigenvalue weighted by atomic mass is 10.1. The molecule has 0 unspecified atom stereocenters. The Labute approximate surface area is 190 Å². The lowest BCUT2D eigenvalue weighted by Crippen LogP contribution is -2.28. The van der Waals surface area contributed by atoms with Crippen molar-refractivity contribution in [2.45, 2.75) is 32.0 Å². The van der Waals surface area contributed by atoms with Crippen molar-refractivity contribution in [1.82, 2.24) is 20.1 Å². The van der Waals surface area contributed by atoms with Crippen molar-refractivity contribution in [2.24, 2.45) is 7.05 Å². The lowest BCUT2D eigenvalue weighted by molar-refractivity contribution is -0.113. The number of hydrogen-bond donors (Lipinski definition) is 2. The Morgan fingerprint density at radius 1 is 1.13 bits per heavy atom. The van der Waals surface area contributed by atoms with Crippen molar-refractivity contribution in [3.8, 4) is 0 Å². The third-order valence-electron chi connectivity index (χ3n) is 4.84. The maximum atomic E-state index is 12.5. The molecule has 2 N–H and O–H groups in total. The predicted molar refractivity (Wildman–Crippen MR) is 124 cm³/mol. The lowest BCUT2D eigenvalue weighted by Gasteiger charge is -2.14. The molecule has 1 aromatic heterocycles. The van der Waals surface area contributed by atoms with Crippen LogP contribution in [0.15, 0.2) is 47.6 Å². The number of aryl methyl sites for hydroxylation is 2. The molecule has 0 aliphatic carbocycles. The van der Waals surface area contributed by atoms with Gasteiger partial charge in [0.15, 0.2) is 11.0 Å². The van der Waals surface area contributed by atoms with Gasteiger partial charge in [-0.15, -0.1) is 10.2 Å². The number of rotatable bonds is 7. The Hall–Kier alpha value is -2.84. The van der Waals surface area contributed by atoms with Gasteiger partial charge in [-0.2, -0.15) is 0 Å². The first kappa shape index (κ1) is 22.8. The summed E-state index contributed by atoms with van der Waals surface area (Å²) in [5.74, 6) is 0.359. The molecule has 7 nitrogen and oxygen atoms in total. The molecule has 3 aromatic rings. The number of aromatic nitrogens is 3. The third-order valence-corrected chi connectivity index (χ3v) is 6.19. The largest absolute Gasteiger partial charge is 0.342 e. The number of benzene rings is 2. The summed E-state index contributed by atoms with van der Waals surface area (Å²) >= 11 is 7.38. The summed E-state index contributed by atoms with van der Waals surface area (Å²) in [6, 6.07) is 12.3. The highest BCUT2D eigenvalue weighted by Gasteiger charge is 2.20. The maximum Gasteiger partial charge on any atom is 0.253 e. The normalized spacial score (nSPS) is 11.8. The minimum absolute atomic E-state index is 0.127. The molecule has 0 aliphatic rings. The summed E-state index contributed by atoms with van der Waals surface area (Å²) in [4.78, 5) is 24.8. The molecule has 3 rings (SSSR count). The molecule has 0 bridgehead atoms.